The van der Waals surface area contributed by atoms with Gasteiger partial charge in [-0.3, -0.25) is 19.3 Å². The van der Waals surface area contributed by atoms with E-state index in [1.807, 2.05) is 19.9 Å². The molecule has 1 spiro atoms. The highest BCUT2D eigenvalue weighted by molar-refractivity contribution is 5.98. The average Bonchev–Trinajstić information content (AvgIpc) is 3.22. The number of halogens is 1. The summed E-state index contributed by atoms with van der Waals surface area (Å²) in [5.41, 5.74) is 0.285. The predicted octanol–water partition coefficient (Wildman–Crippen LogP) is 2.96. The van der Waals surface area contributed by atoms with Crippen LogP contribution in [-0.2, 0) is 20.9 Å². The Balaban J connectivity index is 1.54. The van der Waals surface area contributed by atoms with E-state index in [2.05, 4.69) is 5.32 Å². The molecule has 0 radical (unpaired) electrons. The van der Waals surface area contributed by atoms with Crippen molar-refractivity contribution in [3.05, 3.63) is 71.5 Å². The molecule has 8 heteroatoms. The minimum Gasteiger partial charge on any atom is -0.353 e. The van der Waals surface area contributed by atoms with Gasteiger partial charge in [-0.25, -0.2) is 4.39 Å². The summed E-state index contributed by atoms with van der Waals surface area (Å²) in [5.74, 6) is -0.981. The van der Waals surface area contributed by atoms with Gasteiger partial charge in [0.05, 0.1) is 6.61 Å². The van der Waals surface area contributed by atoms with E-state index < -0.39 is 11.8 Å². The zero-order valence-corrected chi connectivity index (χ0v) is 19.5. The highest BCUT2D eigenvalue weighted by atomic mass is 19.1. The van der Waals surface area contributed by atoms with E-state index in [0.717, 1.165) is 5.56 Å². The number of carbonyl (C=O) groups is 3. The Morgan fingerprint density at radius 3 is 2.32 bits per heavy atom. The quantitative estimate of drug-likeness (QED) is 0.734. The highest BCUT2D eigenvalue weighted by Gasteiger charge is 2.54. The van der Waals surface area contributed by atoms with Gasteiger partial charge in [-0.2, -0.15) is 0 Å². The third-order valence-electron chi connectivity index (χ3n) is 6.53. The van der Waals surface area contributed by atoms with Gasteiger partial charge < -0.3 is 15.0 Å². The molecule has 2 saturated heterocycles. The Hall–Kier alpha value is -3.26. The standard InChI is InChI=1S/C26H30FN3O4/c1-18(2)24(32)29-14-12-26(13-15-29)30(25(33)20-6-4-3-5-7-20)22(17-34-26)23(31)28-16-19-8-10-21(27)11-9-19/h3-11,18,22H,12-17H2,1-2H3,(H,28,31)/t22-/m0/s1. The monoisotopic (exact) mass is 467 g/mol. The molecule has 1 N–H and O–H groups in total. The topological polar surface area (TPSA) is 79.0 Å². The van der Waals surface area contributed by atoms with Crippen LogP contribution in [0.15, 0.2) is 54.6 Å². The molecule has 0 bridgehead atoms. The maximum atomic E-state index is 13.6. The summed E-state index contributed by atoms with van der Waals surface area (Å²) in [6, 6.07) is 13.9. The van der Waals surface area contributed by atoms with Crippen molar-refractivity contribution in [2.75, 3.05) is 19.7 Å². The number of likely N-dealkylation sites (tertiary alicyclic amines) is 1. The first kappa shape index (κ1) is 23.9. The summed E-state index contributed by atoms with van der Waals surface area (Å²) in [5, 5.41) is 2.86. The molecule has 2 aromatic carbocycles. The normalized spacial score (nSPS) is 19.5. The number of hydrogen-bond donors (Lipinski definition) is 1. The van der Waals surface area contributed by atoms with E-state index in [0.29, 0.717) is 31.5 Å². The largest absolute Gasteiger partial charge is 0.353 e. The number of rotatable bonds is 5. The number of carbonyl (C=O) groups excluding carboxylic acids is 3. The summed E-state index contributed by atoms with van der Waals surface area (Å²) in [7, 11) is 0. The van der Waals surface area contributed by atoms with Crippen molar-refractivity contribution in [2.24, 2.45) is 5.92 Å². The van der Waals surface area contributed by atoms with Gasteiger partial charge in [0.25, 0.3) is 5.91 Å². The van der Waals surface area contributed by atoms with Gasteiger partial charge in [0.15, 0.2) is 0 Å². The molecule has 2 aliphatic rings. The Labute approximate surface area is 198 Å². The Morgan fingerprint density at radius 1 is 1.06 bits per heavy atom. The van der Waals surface area contributed by atoms with Crippen LogP contribution in [0, 0.1) is 11.7 Å². The molecule has 4 rings (SSSR count). The van der Waals surface area contributed by atoms with E-state index in [1.54, 1.807) is 46.2 Å². The predicted molar refractivity (Wildman–Crippen MR) is 124 cm³/mol. The lowest BCUT2D eigenvalue weighted by atomic mass is 9.95. The molecule has 0 unspecified atom stereocenters. The molecular weight excluding hydrogens is 437 g/mol. The first-order chi connectivity index (χ1) is 16.3. The van der Waals surface area contributed by atoms with Crippen molar-refractivity contribution in [1.82, 2.24) is 15.1 Å². The Morgan fingerprint density at radius 2 is 1.71 bits per heavy atom. The van der Waals surface area contributed by atoms with Crippen molar-refractivity contribution in [3.63, 3.8) is 0 Å². The minimum absolute atomic E-state index is 0.0716. The van der Waals surface area contributed by atoms with Gasteiger partial charge in [-0.15, -0.1) is 0 Å². The highest BCUT2D eigenvalue weighted by Crippen LogP contribution is 2.38. The molecule has 1 atom stereocenters. The Kier molecular flexibility index (Phi) is 6.97. The van der Waals surface area contributed by atoms with E-state index in [4.69, 9.17) is 4.74 Å². The van der Waals surface area contributed by atoms with Crippen LogP contribution in [0.4, 0.5) is 4.39 Å². The van der Waals surface area contributed by atoms with Crippen molar-refractivity contribution in [2.45, 2.75) is 45.0 Å². The van der Waals surface area contributed by atoms with Crippen LogP contribution in [0.2, 0.25) is 0 Å². The number of benzene rings is 2. The summed E-state index contributed by atoms with van der Waals surface area (Å²) in [6.07, 6.45) is 0.873. The van der Waals surface area contributed by atoms with Gasteiger partial charge in [-0.1, -0.05) is 44.2 Å². The van der Waals surface area contributed by atoms with Crippen LogP contribution < -0.4 is 5.32 Å². The summed E-state index contributed by atoms with van der Waals surface area (Å²) in [4.78, 5) is 42.6. The van der Waals surface area contributed by atoms with Crippen LogP contribution >= 0.6 is 0 Å². The summed E-state index contributed by atoms with van der Waals surface area (Å²) in [6.45, 7) is 4.94. The molecule has 180 valence electrons. The van der Waals surface area contributed by atoms with Gasteiger partial charge in [0.2, 0.25) is 11.8 Å². The second kappa shape index (κ2) is 9.93. The maximum Gasteiger partial charge on any atom is 0.256 e. The van der Waals surface area contributed by atoms with Gasteiger partial charge in [0, 0.05) is 44.0 Å². The van der Waals surface area contributed by atoms with Crippen molar-refractivity contribution in [1.29, 1.82) is 0 Å². The van der Waals surface area contributed by atoms with E-state index in [-0.39, 0.29) is 42.6 Å². The number of hydrogen-bond acceptors (Lipinski definition) is 4. The van der Waals surface area contributed by atoms with Crippen molar-refractivity contribution < 1.29 is 23.5 Å². The van der Waals surface area contributed by atoms with Crippen LogP contribution in [0.3, 0.4) is 0 Å². The fourth-order valence-corrected chi connectivity index (χ4v) is 4.64. The van der Waals surface area contributed by atoms with Gasteiger partial charge >= 0.3 is 0 Å². The van der Waals surface area contributed by atoms with Crippen molar-refractivity contribution >= 4 is 17.7 Å². The first-order valence-corrected chi connectivity index (χ1v) is 11.6. The molecule has 2 fully saturated rings. The smallest absolute Gasteiger partial charge is 0.256 e. The molecule has 0 saturated carbocycles. The van der Waals surface area contributed by atoms with E-state index in [1.165, 1.54) is 12.1 Å². The number of amides is 3. The van der Waals surface area contributed by atoms with Gasteiger partial charge in [0.1, 0.15) is 17.6 Å². The summed E-state index contributed by atoms with van der Waals surface area (Å²) < 4.78 is 19.4. The number of nitrogens with one attached hydrogen (secondary N) is 1. The molecule has 2 aliphatic heterocycles. The lowest BCUT2D eigenvalue weighted by molar-refractivity contribution is -0.146. The lowest BCUT2D eigenvalue weighted by Crippen LogP contribution is -2.60. The minimum atomic E-state index is -0.946. The third-order valence-corrected chi connectivity index (χ3v) is 6.53. The number of ether oxygens (including phenoxy) is 1. The average molecular weight is 468 g/mol. The molecule has 0 aliphatic carbocycles. The van der Waals surface area contributed by atoms with Gasteiger partial charge in [-0.05, 0) is 29.8 Å². The Bertz CT molecular complexity index is 1030. The zero-order valence-electron chi connectivity index (χ0n) is 19.5. The number of nitrogens with zero attached hydrogens (tertiary/aromatic N) is 2. The van der Waals surface area contributed by atoms with Crippen molar-refractivity contribution in [3.8, 4) is 0 Å². The third kappa shape index (κ3) is 4.82. The fourth-order valence-electron chi connectivity index (χ4n) is 4.64. The number of piperidine rings is 1. The van der Waals surface area contributed by atoms with Crippen LogP contribution in [0.1, 0.15) is 42.6 Å². The first-order valence-electron chi connectivity index (χ1n) is 11.6. The van der Waals surface area contributed by atoms with E-state index in [9.17, 15) is 18.8 Å². The molecule has 7 nitrogen and oxygen atoms in total. The van der Waals surface area contributed by atoms with Crippen LogP contribution in [0.25, 0.3) is 0 Å². The summed E-state index contributed by atoms with van der Waals surface area (Å²) >= 11 is 0. The second-order valence-corrected chi connectivity index (χ2v) is 9.14. The van der Waals surface area contributed by atoms with Crippen LogP contribution in [0.5, 0.6) is 0 Å². The van der Waals surface area contributed by atoms with E-state index >= 15 is 0 Å². The molecular formula is C26H30FN3O4. The molecule has 2 heterocycles. The second-order valence-electron chi connectivity index (χ2n) is 9.14. The lowest BCUT2D eigenvalue weighted by Gasteiger charge is -2.44. The molecule has 3 amide bonds. The SMILES string of the molecule is CC(C)C(=O)N1CCC2(CC1)OC[C@@H](C(=O)NCc1ccc(F)cc1)N2C(=O)c1ccccc1. The molecule has 0 aromatic heterocycles. The maximum absolute atomic E-state index is 13.6. The molecule has 34 heavy (non-hydrogen) atoms. The fraction of sp³-hybridized carbons (Fsp3) is 0.423. The van der Waals surface area contributed by atoms with Crippen LogP contribution in [-0.4, -0.2) is 59.0 Å². The zero-order chi connectivity index (χ0) is 24.3. The molecule has 2 aromatic rings.